The van der Waals surface area contributed by atoms with E-state index in [1.807, 2.05) is 13.0 Å². The fourth-order valence-electron chi connectivity index (χ4n) is 2.64. The van der Waals surface area contributed by atoms with Crippen molar-refractivity contribution in [1.29, 1.82) is 0 Å². The van der Waals surface area contributed by atoms with Gasteiger partial charge in [-0.1, -0.05) is 18.2 Å². The summed E-state index contributed by atoms with van der Waals surface area (Å²) in [5.41, 5.74) is 2.19. The Balaban J connectivity index is 1.79. The summed E-state index contributed by atoms with van der Waals surface area (Å²) < 4.78 is 0. The van der Waals surface area contributed by atoms with E-state index in [4.69, 9.17) is 0 Å². The van der Waals surface area contributed by atoms with Crippen LogP contribution in [0.2, 0.25) is 0 Å². The maximum atomic E-state index is 4.69. The molecular weight excluding hydrogens is 290 g/mol. The maximum Gasteiger partial charge on any atom is 0.154 e. The molecule has 1 aliphatic rings. The zero-order chi connectivity index (χ0) is 15.4. The molecule has 3 rings (SSSR count). The molecule has 1 aliphatic heterocycles. The van der Waals surface area contributed by atoms with Crippen molar-refractivity contribution in [2.24, 2.45) is 0 Å². The quantitative estimate of drug-likeness (QED) is 0.788. The van der Waals surface area contributed by atoms with Gasteiger partial charge in [0.15, 0.2) is 5.82 Å². The molecule has 2 heterocycles. The van der Waals surface area contributed by atoms with Crippen LogP contribution in [0, 0.1) is 6.92 Å². The van der Waals surface area contributed by atoms with Gasteiger partial charge in [0.1, 0.15) is 5.82 Å². The van der Waals surface area contributed by atoms with Gasteiger partial charge in [-0.15, -0.1) is 11.8 Å². The third-order valence-corrected chi connectivity index (χ3v) is 4.57. The van der Waals surface area contributed by atoms with E-state index in [-0.39, 0.29) is 0 Å². The number of hydrogen-bond donors (Lipinski definition) is 0. The zero-order valence-corrected chi connectivity index (χ0v) is 13.9. The van der Waals surface area contributed by atoms with Crippen molar-refractivity contribution >= 4 is 29.7 Å². The summed E-state index contributed by atoms with van der Waals surface area (Å²) in [6.07, 6.45) is 8.69. The summed E-state index contributed by atoms with van der Waals surface area (Å²) in [5, 5.41) is 0. The molecule has 4 heteroatoms. The lowest BCUT2D eigenvalue weighted by molar-refractivity contribution is 0.915. The van der Waals surface area contributed by atoms with E-state index in [0.29, 0.717) is 0 Å². The van der Waals surface area contributed by atoms with Crippen LogP contribution in [-0.2, 0) is 0 Å². The minimum absolute atomic E-state index is 0.788. The largest absolute Gasteiger partial charge is 0.356 e. The Kier molecular flexibility index (Phi) is 4.78. The van der Waals surface area contributed by atoms with E-state index >= 15 is 0 Å². The molecule has 0 amide bonds. The van der Waals surface area contributed by atoms with Crippen molar-refractivity contribution in [3.8, 4) is 0 Å². The molecule has 0 bridgehead atoms. The first kappa shape index (κ1) is 15.1. The van der Waals surface area contributed by atoms with Crippen LogP contribution in [0.25, 0.3) is 12.2 Å². The smallest absolute Gasteiger partial charge is 0.154 e. The molecule has 0 aliphatic carbocycles. The van der Waals surface area contributed by atoms with Crippen LogP contribution in [0.5, 0.6) is 0 Å². The average Bonchev–Trinajstić information content (AvgIpc) is 3.07. The highest BCUT2D eigenvalue weighted by molar-refractivity contribution is 7.98. The van der Waals surface area contributed by atoms with Gasteiger partial charge in [0.05, 0.1) is 0 Å². The van der Waals surface area contributed by atoms with Gasteiger partial charge in [0.25, 0.3) is 0 Å². The Morgan fingerprint density at radius 2 is 1.77 bits per heavy atom. The van der Waals surface area contributed by atoms with Gasteiger partial charge in [-0.2, -0.15) is 0 Å². The molecule has 2 aromatic rings. The first-order chi connectivity index (χ1) is 10.7. The molecule has 0 unspecified atom stereocenters. The van der Waals surface area contributed by atoms with Gasteiger partial charge >= 0.3 is 0 Å². The average molecular weight is 311 g/mol. The SMILES string of the molecule is CSc1ccc(C=Cc2nc(C)cc(N3CCCC3)n2)cc1. The summed E-state index contributed by atoms with van der Waals surface area (Å²) in [7, 11) is 0. The fraction of sp³-hybridized carbons (Fsp3) is 0.333. The van der Waals surface area contributed by atoms with E-state index in [1.165, 1.54) is 23.3 Å². The molecule has 1 aromatic heterocycles. The van der Waals surface area contributed by atoms with Crippen LogP contribution in [-0.4, -0.2) is 29.3 Å². The Bertz CT molecular complexity index is 659. The highest BCUT2D eigenvalue weighted by atomic mass is 32.2. The molecule has 0 atom stereocenters. The monoisotopic (exact) mass is 311 g/mol. The topological polar surface area (TPSA) is 29.0 Å². The number of aryl methyl sites for hydroxylation is 1. The molecule has 1 aromatic carbocycles. The second-order valence-electron chi connectivity index (χ2n) is 5.53. The van der Waals surface area contributed by atoms with Gasteiger partial charge in [0.2, 0.25) is 0 Å². The Morgan fingerprint density at radius 1 is 1.05 bits per heavy atom. The summed E-state index contributed by atoms with van der Waals surface area (Å²) in [4.78, 5) is 12.8. The summed E-state index contributed by atoms with van der Waals surface area (Å²) in [5.74, 6) is 1.85. The molecule has 22 heavy (non-hydrogen) atoms. The number of anilines is 1. The Hall–Kier alpha value is -1.81. The van der Waals surface area contributed by atoms with E-state index in [1.54, 1.807) is 11.8 Å². The van der Waals surface area contributed by atoms with E-state index in [9.17, 15) is 0 Å². The van der Waals surface area contributed by atoms with Crippen molar-refractivity contribution in [3.63, 3.8) is 0 Å². The summed E-state index contributed by atoms with van der Waals surface area (Å²) in [6.45, 7) is 4.25. The van der Waals surface area contributed by atoms with Crippen LogP contribution in [0.3, 0.4) is 0 Å². The number of thioether (sulfide) groups is 1. The van der Waals surface area contributed by atoms with E-state index in [2.05, 4.69) is 57.5 Å². The minimum atomic E-state index is 0.788. The molecule has 0 spiro atoms. The third-order valence-electron chi connectivity index (χ3n) is 3.83. The number of aromatic nitrogens is 2. The van der Waals surface area contributed by atoms with Gasteiger partial charge in [-0.3, -0.25) is 0 Å². The second kappa shape index (κ2) is 6.97. The van der Waals surface area contributed by atoms with Crippen molar-refractivity contribution in [3.05, 3.63) is 47.4 Å². The van der Waals surface area contributed by atoms with Crippen LogP contribution >= 0.6 is 11.8 Å². The van der Waals surface area contributed by atoms with Crippen molar-refractivity contribution in [2.75, 3.05) is 24.2 Å². The Morgan fingerprint density at radius 3 is 2.45 bits per heavy atom. The van der Waals surface area contributed by atoms with Crippen LogP contribution < -0.4 is 4.90 Å². The molecular formula is C18H21N3S. The van der Waals surface area contributed by atoms with Gasteiger partial charge in [0, 0.05) is 29.7 Å². The lowest BCUT2D eigenvalue weighted by Gasteiger charge is -2.16. The molecule has 3 nitrogen and oxygen atoms in total. The normalized spacial score (nSPS) is 14.9. The second-order valence-corrected chi connectivity index (χ2v) is 6.41. The van der Waals surface area contributed by atoms with E-state index < -0.39 is 0 Å². The molecule has 0 N–H and O–H groups in total. The lowest BCUT2D eigenvalue weighted by atomic mass is 10.2. The van der Waals surface area contributed by atoms with Gasteiger partial charge in [-0.05, 0) is 49.8 Å². The number of nitrogens with zero attached hydrogens (tertiary/aromatic N) is 3. The van der Waals surface area contributed by atoms with Crippen LogP contribution in [0.1, 0.15) is 29.9 Å². The van der Waals surface area contributed by atoms with Gasteiger partial charge in [-0.25, -0.2) is 9.97 Å². The minimum Gasteiger partial charge on any atom is -0.356 e. The predicted molar refractivity (Wildman–Crippen MR) is 95.4 cm³/mol. The number of rotatable bonds is 4. The molecule has 1 fully saturated rings. The fourth-order valence-corrected chi connectivity index (χ4v) is 3.05. The van der Waals surface area contributed by atoms with Crippen molar-refractivity contribution < 1.29 is 0 Å². The number of hydrogen-bond acceptors (Lipinski definition) is 4. The predicted octanol–water partition coefficient (Wildman–Crippen LogP) is 4.28. The van der Waals surface area contributed by atoms with Crippen LogP contribution in [0.4, 0.5) is 5.82 Å². The van der Waals surface area contributed by atoms with Crippen molar-refractivity contribution in [1.82, 2.24) is 9.97 Å². The molecule has 0 saturated carbocycles. The van der Waals surface area contributed by atoms with Crippen molar-refractivity contribution in [2.45, 2.75) is 24.7 Å². The highest BCUT2D eigenvalue weighted by Gasteiger charge is 2.14. The molecule has 0 radical (unpaired) electrons. The third kappa shape index (κ3) is 3.69. The molecule has 114 valence electrons. The standard InChI is InChI=1S/C18H21N3S/c1-14-13-18(21-11-3-4-12-21)20-17(19-14)10-7-15-5-8-16(22-2)9-6-15/h5-10,13H,3-4,11-12H2,1-2H3. The maximum absolute atomic E-state index is 4.69. The highest BCUT2D eigenvalue weighted by Crippen LogP contribution is 2.20. The summed E-state index contributed by atoms with van der Waals surface area (Å²) in [6, 6.07) is 10.6. The Labute approximate surface area is 136 Å². The molecule has 1 saturated heterocycles. The van der Waals surface area contributed by atoms with Crippen LogP contribution in [0.15, 0.2) is 35.2 Å². The zero-order valence-electron chi connectivity index (χ0n) is 13.1. The summed E-state index contributed by atoms with van der Waals surface area (Å²) >= 11 is 1.76. The first-order valence-corrected chi connectivity index (χ1v) is 8.90. The van der Waals surface area contributed by atoms with E-state index in [0.717, 1.165) is 30.4 Å². The lowest BCUT2D eigenvalue weighted by Crippen LogP contribution is -2.19. The first-order valence-electron chi connectivity index (χ1n) is 7.67. The number of benzene rings is 1. The van der Waals surface area contributed by atoms with Gasteiger partial charge < -0.3 is 4.90 Å².